The highest BCUT2D eigenvalue weighted by atomic mass is 16.5. The highest BCUT2D eigenvalue weighted by molar-refractivity contribution is 5.90. The minimum Gasteiger partial charge on any atom is -0.345 e. The van der Waals surface area contributed by atoms with Crippen LogP contribution in [0.4, 0.5) is 0 Å². The van der Waals surface area contributed by atoms with Crippen molar-refractivity contribution < 1.29 is 9.32 Å². The fraction of sp³-hybridized carbons (Fsp3) is 0.700. The molecule has 2 unspecified atom stereocenters. The molecule has 0 bridgehead atoms. The molecule has 2 atom stereocenters. The molecule has 1 aliphatic rings. The third-order valence-electron chi connectivity index (χ3n) is 2.87. The standard InChI is InChI=1S/C10H16N4O2/c1-6-12-9(14-16-6)10(15)13-8-5-3-2-4-7(8)11/h7-8H,2-5,11H2,1H3,(H,13,15). The number of nitrogens with two attached hydrogens (primary N) is 1. The normalized spacial score (nSPS) is 25.4. The van der Waals surface area contributed by atoms with Gasteiger partial charge in [-0.2, -0.15) is 4.98 Å². The van der Waals surface area contributed by atoms with E-state index in [0.29, 0.717) is 5.89 Å². The zero-order valence-corrected chi connectivity index (χ0v) is 9.27. The second-order valence-electron chi connectivity index (χ2n) is 4.17. The summed E-state index contributed by atoms with van der Waals surface area (Å²) in [5, 5.41) is 6.42. The Kier molecular flexibility index (Phi) is 3.19. The maximum atomic E-state index is 11.7. The molecule has 1 aromatic rings. The average Bonchev–Trinajstić information content (AvgIpc) is 2.68. The van der Waals surface area contributed by atoms with Gasteiger partial charge in [-0.1, -0.05) is 18.0 Å². The summed E-state index contributed by atoms with van der Waals surface area (Å²) >= 11 is 0. The van der Waals surface area contributed by atoms with Gasteiger partial charge < -0.3 is 15.6 Å². The van der Waals surface area contributed by atoms with Crippen molar-refractivity contribution in [3.8, 4) is 0 Å². The van der Waals surface area contributed by atoms with Crippen LogP contribution in [-0.2, 0) is 0 Å². The zero-order chi connectivity index (χ0) is 11.5. The summed E-state index contributed by atoms with van der Waals surface area (Å²) in [7, 11) is 0. The van der Waals surface area contributed by atoms with Crippen molar-refractivity contribution in [2.24, 2.45) is 5.73 Å². The number of aryl methyl sites for hydroxylation is 1. The van der Waals surface area contributed by atoms with Crippen LogP contribution in [0.5, 0.6) is 0 Å². The summed E-state index contributed by atoms with van der Waals surface area (Å²) in [6.45, 7) is 1.65. The Hall–Kier alpha value is -1.43. The quantitative estimate of drug-likeness (QED) is 0.757. The van der Waals surface area contributed by atoms with Crippen molar-refractivity contribution in [2.75, 3.05) is 0 Å². The first-order chi connectivity index (χ1) is 7.66. The number of aromatic nitrogens is 2. The molecule has 6 heteroatoms. The summed E-state index contributed by atoms with van der Waals surface area (Å²) in [6.07, 6.45) is 4.11. The van der Waals surface area contributed by atoms with Gasteiger partial charge in [0.05, 0.1) is 0 Å². The lowest BCUT2D eigenvalue weighted by molar-refractivity contribution is 0.0907. The smallest absolute Gasteiger partial charge is 0.292 e. The van der Waals surface area contributed by atoms with Crippen LogP contribution in [0.15, 0.2) is 4.52 Å². The average molecular weight is 224 g/mol. The van der Waals surface area contributed by atoms with Gasteiger partial charge in [0.2, 0.25) is 5.89 Å². The Bertz CT molecular complexity index is 377. The monoisotopic (exact) mass is 224 g/mol. The van der Waals surface area contributed by atoms with Crippen molar-refractivity contribution in [2.45, 2.75) is 44.7 Å². The molecular weight excluding hydrogens is 208 g/mol. The molecule has 1 aromatic heterocycles. The summed E-state index contributed by atoms with van der Waals surface area (Å²) < 4.78 is 4.75. The lowest BCUT2D eigenvalue weighted by Gasteiger charge is -2.28. The van der Waals surface area contributed by atoms with Crippen LogP contribution >= 0.6 is 0 Å². The number of rotatable bonds is 2. The van der Waals surface area contributed by atoms with E-state index in [2.05, 4.69) is 15.5 Å². The first-order valence-corrected chi connectivity index (χ1v) is 5.53. The summed E-state index contributed by atoms with van der Waals surface area (Å²) in [6, 6.07) is 0.0609. The van der Waals surface area contributed by atoms with Crippen LogP contribution < -0.4 is 11.1 Å². The first kappa shape index (κ1) is 11.1. The van der Waals surface area contributed by atoms with Crippen molar-refractivity contribution in [1.82, 2.24) is 15.5 Å². The van der Waals surface area contributed by atoms with Gasteiger partial charge in [-0.3, -0.25) is 4.79 Å². The molecule has 16 heavy (non-hydrogen) atoms. The largest absolute Gasteiger partial charge is 0.345 e. The van der Waals surface area contributed by atoms with E-state index in [1.807, 2.05) is 0 Å². The van der Waals surface area contributed by atoms with Crippen LogP contribution in [0.25, 0.3) is 0 Å². The highest BCUT2D eigenvalue weighted by Gasteiger charge is 2.25. The van der Waals surface area contributed by atoms with E-state index < -0.39 is 0 Å². The van der Waals surface area contributed by atoms with Gasteiger partial charge in [-0.05, 0) is 12.8 Å². The molecule has 1 saturated carbocycles. The van der Waals surface area contributed by atoms with E-state index >= 15 is 0 Å². The minimum atomic E-state index is -0.306. The Morgan fingerprint density at radius 1 is 1.50 bits per heavy atom. The Labute approximate surface area is 93.6 Å². The Morgan fingerprint density at radius 3 is 2.88 bits per heavy atom. The predicted octanol–water partition coefficient (Wildman–Crippen LogP) is 0.378. The van der Waals surface area contributed by atoms with Crippen molar-refractivity contribution in [3.05, 3.63) is 11.7 Å². The van der Waals surface area contributed by atoms with Crippen molar-refractivity contribution in [1.29, 1.82) is 0 Å². The van der Waals surface area contributed by atoms with Gasteiger partial charge in [0.15, 0.2) is 0 Å². The zero-order valence-electron chi connectivity index (χ0n) is 9.27. The van der Waals surface area contributed by atoms with E-state index in [0.717, 1.165) is 25.7 Å². The number of amides is 1. The SMILES string of the molecule is Cc1nc(C(=O)NC2CCCCC2N)no1. The molecule has 0 saturated heterocycles. The summed E-state index contributed by atoms with van der Waals surface area (Å²) in [5.41, 5.74) is 5.93. The van der Waals surface area contributed by atoms with E-state index in [9.17, 15) is 4.79 Å². The van der Waals surface area contributed by atoms with Crippen molar-refractivity contribution in [3.63, 3.8) is 0 Å². The number of nitrogens with zero attached hydrogens (tertiary/aromatic N) is 2. The second kappa shape index (κ2) is 4.61. The van der Waals surface area contributed by atoms with Crippen LogP contribution in [0.3, 0.4) is 0 Å². The van der Waals surface area contributed by atoms with Gasteiger partial charge in [-0.15, -0.1) is 0 Å². The molecule has 1 heterocycles. The fourth-order valence-electron chi connectivity index (χ4n) is 1.96. The summed E-state index contributed by atoms with van der Waals surface area (Å²) in [4.78, 5) is 15.6. The Morgan fingerprint density at radius 2 is 2.25 bits per heavy atom. The minimum absolute atomic E-state index is 0.0278. The number of carbonyl (C=O) groups excluding carboxylic acids is 1. The van der Waals surface area contributed by atoms with Gasteiger partial charge in [0, 0.05) is 19.0 Å². The maximum absolute atomic E-state index is 11.7. The van der Waals surface area contributed by atoms with E-state index in [1.165, 1.54) is 0 Å². The molecule has 0 aromatic carbocycles. The highest BCUT2D eigenvalue weighted by Crippen LogP contribution is 2.17. The lowest BCUT2D eigenvalue weighted by Crippen LogP contribution is -2.49. The number of hydrogen-bond donors (Lipinski definition) is 2. The molecular formula is C10H16N4O2. The molecule has 1 aliphatic carbocycles. The van der Waals surface area contributed by atoms with Crippen LogP contribution in [0.1, 0.15) is 42.2 Å². The molecule has 88 valence electrons. The molecule has 6 nitrogen and oxygen atoms in total. The van der Waals surface area contributed by atoms with Crippen LogP contribution in [-0.4, -0.2) is 28.1 Å². The third kappa shape index (κ3) is 2.38. The fourth-order valence-corrected chi connectivity index (χ4v) is 1.96. The molecule has 0 spiro atoms. The second-order valence-corrected chi connectivity index (χ2v) is 4.17. The molecule has 1 amide bonds. The van der Waals surface area contributed by atoms with E-state index in [4.69, 9.17) is 10.3 Å². The lowest BCUT2D eigenvalue weighted by atomic mass is 9.91. The van der Waals surface area contributed by atoms with Gasteiger partial charge in [0.25, 0.3) is 11.7 Å². The van der Waals surface area contributed by atoms with E-state index in [-0.39, 0.29) is 23.8 Å². The Balaban J connectivity index is 1.96. The molecule has 0 radical (unpaired) electrons. The van der Waals surface area contributed by atoms with Crippen LogP contribution in [0.2, 0.25) is 0 Å². The van der Waals surface area contributed by atoms with Gasteiger partial charge in [-0.25, -0.2) is 0 Å². The summed E-state index contributed by atoms with van der Waals surface area (Å²) in [5.74, 6) is 0.160. The maximum Gasteiger partial charge on any atom is 0.292 e. The molecule has 2 rings (SSSR count). The number of carbonyl (C=O) groups is 1. The number of nitrogens with one attached hydrogen (secondary N) is 1. The molecule has 0 aliphatic heterocycles. The van der Waals surface area contributed by atoms with Gasteiger partial charge in [0.1, 0.15) is 0 Å². The van der Waals surface area contributed by atoms with Crippen LogP contribution in [0, 0.1) is 6.92 Å². The molecule has 1 fully saturated rings. The van der Waals surface area contributed by atoms with Gasteiger partial charge >= 0.3 is 0 Å². The number of hydrogen-bond acceptors (Lipinski definition) is 5. The molecule has 3 N–H and O–H groups in total. The topological polar surface area (TPSA) is 94.0 Å². The first-order valence-electron chi connectivity index (χ1n) is 5.53. The third-order valence-corrected chi connectivity index (χ3v) is 2.87. The predicted molar refractivity (Wildman–Crippen MR) is 56.7 cm³/mol. The van der Waals surface area contributed by atoms with E-state index in [1.54, 1.807) is 6.92 Å². The van der Waals surface area contributed by atoms with Crippen molar-refractivity contribution >= 4 is 5.91 Å².